The van der Waals surface area contributed by atoms with Crippen molar-refractivity contribution in [2.75, 3.05) is 0 Å². The van der Waals surface area contributed by atoms with Crippen LogP contribution in [0.1, 0.15) is 19.4 Å². The minimum absolute atomic E-state index is 0.0972. The van der Waals surface area contributed by atoms with Crippen molar-refractivity contribution < 1.29 is 18.0 Å². The van der Waals surface area contributed by atoms with E-state index in [1.54, 1.807) is 19.9 Å². The summed E-state index contributed by atoms with van der Waals surface area (Å²) in [6.07, 6.45) is 0.727. The largest absolute Gasteiger partial charge is 0.446 e. The Morgan fingerprint density at radius 2 is 1.88 bits per heavy atom. The minimum atomic E-state index is -4.30. The molecule has 16 heavy (non-hydrogen) atoms. The van der Waals surface area contributed by atoms with Gasteiger partial charge in [0.2, 0.25) is 0 Å². The van der Waals surface area contributed by atoms with Crippen LogP contribution in [-0.4, -0.2) is 11.8 Å². The molecule has 0 saturated heterocycles. The number of carbonyl (C=O) groups excluding carboxylic acids is 1. The first kappa shape index (κ1) is 13.1. The van der Waals surface area contributed by atoms with E-state index in [-0.39, 0.29) is 16.7 Å². The average molecular weight is 248 g/mol. The number of carbonyl (C=O) groups is 1. The molecule has 0 fully saturated rings. The van der Waals surface area contributed by atoms with Gasteiger partial charge in [-0.05, 0) is 43.3 Å². The lowest BCUT2D eigenvalue weighted by Gasteiger charge is -2.18. The SMILES string of the molecule is CC(C)(C=O)c1cccc(SC(F)(F)F)c1. The molecule has 0 aliphatic heterocycles. The van der Waals surface area contributed by atoms with Crippen molar-refractivity contribution in [2.45, 2.75) is 29.7 Å². The summed E-state index contributed by atoms with van der Waals surface area (Å²) in [6.45, 7) is 3.33. The molecular weight excluding hydrogens is 237 g/mol. The molecule has 0 radical (unpaired) electrons. The summed E-state index contributed by atoms with van der Waals surface area (Å²) in [7, 11) is 0. The van der Waals surface area contributed by atoms with Crippen molar-refractivity contribution in [1.29, 1.82) is 0 Å². The van der Waals surface area contributed by atoms with E-state index < -0.39 is 10.9 Å². The highest BCUT2D eigenvalue weighted by Gasteiger charge is 2.30. The summed E-state index contributed by atoms with van der Waals surface area (Å²) in [5, 5.41) is 0. The summed E-state index contributed by atoms with van der Waals surface area (Å²) in [4.78, 5) is 10.9. The van der Waals surface area contributed by atoms with Crippen molar-refractivity contribution >= 4 is 18.0 Å². The number of hydrogen-bond donors (Lipinski definition) is 0. The van der Waals surface area contributed by atoms with Crippen LogP contribution in [0, 0.1) is 0 Å². The fourth-order valence-electron chi connectivity index (χ4n) is 1.16. The molecule has 0 aliphatic rings. The maximum absolute atomic E-state index is 12.1. The molecule has 0 heterocycles. The van der Waals surface area contributed by atoms with Gasteiger partial charge in [-0.3, -0.25) is 0 Å². The van der Waals surface area contributed by atoms with Crippen molar-refractivity contribution in [1.82, 2.24) is 0 Å². The molecule has 1 aromatic carbocycles. The van der Waals surface area contributed by atoms with Crippen LogP contribution in [0.4, 0.5) is 13.2 Å². The highest BCUT2D eigenvalue weighted by atomic mass is 32.2. The van der Waals surface area contributed by atoms with Gasteiger partial charge >= 0.3 is 5.51 Å². The Bertz CT molecular complexity index is 385. The Kier molecular flexibility index (Phi) is 3.68. The molecule has 0 atom stereocenters. The van der Waals surface area contributed by atoms with Crippen molar-refractivity contribution in [3.63, 3.8) is 0 Å². The van der Waals surface area contributed by atoms with Crippen LogP contribution < -0.4 is 0 Å². The quantitative estimate of drug-likeness (QED) is 0.598. The second kappa shape index (κ2) is 4.49. The summed E-state index contributed by atoms with van der Waals surface area (Å²) in [5.41, 5.74) is -4.48. The maximum Gasteiger partial charge on any atom is 0.446 e. The zero-order chi connectivity index (χ0) is 12.4. The number of halogens is 3. The first-order valence-corrected chi connectivity index (χ1v) is 5.39. The number of hydrogen-bond acceptors (Lipinski definition) is 2. The topological polar surface area (TPSA) is 17.1 Å². The molecule has 1 rings (SSSR count). The molecule has 88 valence electrons. The molecule has 0 aliphatic carbocycles. The van der Waals surface area contributed by atoms with E-state index in [0.717, 1.165) is 6.29 Å². The van der Waals surface area contributed by atoms with E-state index in [0.29, 0.717) is 5.56 Å². The first-order chi connectivity index (χ1) is 7.24. The van der Waals surface area contributed by atoms with E-state index in [2.05, 4.69) is 0 Å². The summed E-state index contributed by atoms with van der Waals surface area (Å²) >= 11 is -0.174. The lowest BCUT2D eigenvalue weighted by Crippen LogP contribution is -2.18. The van der Waals surface area contributed by atoms with Gasteiger partial charge in [0.1, 0.15) is 6.29 Å². The van der Waals surface area contributed by atoms with Gasteiger partial charge in [-0.2, -0.15) is 13.2 Å². The smallest absolute Gasteiger partial charge is 0.302 e. The van der Waals surface area contributed by atoms with Gasteiger partial charge in [0.05, 0.1) is 0 Å². The van der Waals surface area contributed by atoms with Crippen molar-refractivity contribution in [3.05, 3.63) is 29.8 Å². The lowest BCUT2D eigenvalue weighted by molar-refractivity contribution is -0.111. The van der Waals surface area contributed by atoms with Gasteiger partial charge in [-0.1, -0.05) is 12.1 Å². The Morgan fingerprint density at radius 1 is 1.25 bits per heavy atom. The molecule has 0 unspecified atom stereocenters. The standard InChI is InChI=1S/C11H11F3OS/c1-10(2,7-15)8-4-3-5-9(6-8)16-11(12,13)14/h3-7H,1-2H3. The monoisotopic (exact) mass is 248 g/mol. The van der Waals surface area contributed by atoms with Gasteiger partial charge in [0.25, 0.3) is 0 Å². The Balaban J connectivity index is 3.00. The molecule has 1 aromatic rings. The fraction of sp³-hybridized carbons (Fsp3) is 0.364. The van der Waals surface area contributed by atoms with E-state index >= 15 is 0 Å². The van der Waals surface area contributed by atoms with E-state index in [1.165, 1.54) is 18.2 Å². The molecule has 0 amide bonds. The molecule has 0 spiro atoms. The van der Waals surface area contributed by atoms with Gasteiger partial charge in [0.15, 0.2) is 0 Å². The van der Waals surface area contributed by atoms with E-state index in [1.807, 2.05) is 0 Å². The first-order valence-electron chi connectivity index (χ1n) is 4.57. The molecule has 1 nitrogen and oxygen atoms in total. The maximum atomic E-state index is 12.1. The van der Waals surface area contributed by atoms with Crippen LogP contribution in [0.25, 0.3) is 0 Å². The van der Waals surface area contributed by atoms with Gasteiger partial charge < -0.3 is 4.79 Å². The van der Waals surface area contributed by atoms with Crippen molar-refractivity contribution in [2.24, 2.45) is 0 Å². The predicted octanol–water partition coefficient (Wildman–Crippen LogP) is 3.78. The normalized spacial score (nSPS) is 12.6. The van der Waals surface area contributed by atoms with Gasteiger partial charge in [0, 0.05) is 10.3 Å². The molecule has 5 heteroatoms. The van der Waals surface area contributed by atoms with Crippen LogP contribution in [-0.2, 0) is 10.2 Å². The number of aldehydes is 1. The zero-order valence-corrected chi connectivity index (χ0v) is 9.65. The molecule has 0 saturated carbocycles. The molecular formula is C11H11F3OS. The van der Waals surface area contributed by atoms with Crippen LogP contribution in [0.2, 0.25) is 0 Å². The average Bonchev–Trinajstić information content (AvgIpc) is 2.15. The van der Waals surface area contributed by atoms with E-state index in [4.69, 9.17) is 0 Å². The fourth-order valence-corrected chi connectivity index (χ4v) is 1.76. The number of thioether (sulfide) groups is 1. The number of rotatable bonds is 3. The zero-order valence-electron chi connectivity index (χ0n) is 8.84. The van der Waals surface area contributed by atoms with Crippen molar-refractivity contribution in [3.8, 4) is 0 Å². The third-order valence-electron chi connectivity index (χ3n) is 2.11. The van der Waals surface area contributed by atoms with E-state index in [9.17, 15) is 18.0 Å². The third kappa shape index (κ3) is 3.56. The van der Waals surface area contributed by atoms with Gasteiger partial charge in [-0.25, -0.2) is 0 Å². The molecule has 0 N–H and O–H groups in total. The Labute approximate surface area is 96.0 Å². The highest BCUT2D eigenvalue weighted by Crippen LogP contribution is 2.37. The minimum Gasteiger partial charge on any atom is -0.302 e. The Hall–Kier alpha value is -0.970. The summed E-state index contributed by atoms with van der Waals surface area (Å²) in [5.74, 6) is 0. The second-order valence-corrected chi connectivity index (χ2v) is 5.05. The predicted molar refractivity (Wildman–Crippen MR) is 57.4 cm³/mol. The Morgan fingerprint density at radius 3 is 2.38 bits per heavy atom. The lowest BCUT2D eigenvalue weighted by atomic mass is 9.86. The number of benzene rings is 1. The number of alkyl halides is 3. The van der Waals surface area contributed by atoms with Crippen LogP contribution in [0.15, 0.2) is 29.2 Å². The third-order valence-corrected chi connectivity index (χ3v) is 2.83. The van der Waals surface area contributed by atoms with Crippen LogP contribution in [0.5, 0.6) is 0 Å². The van der Waals surface area contributed by atoms with Gasteiger partial charge in [-0.15, -0.1) is 0 Å². The molecule has 0 bridgehead atoms. The van der Waals surface area contributed by atoms with Crippen LogP contribution >= 0.6 is 11.8 Å². The highest BCUT2D eigenvalue weighted by molar-refractivity contribution is 8.00. The summed E-state index contributed by atoms with van der Waals surface area (Å²) in [6, 6.07) is 5.94. The van der Waals surface area contributed by atoms with Crippen LogP contribution in [0.3, 0.4) is 0 Å². The second-order valence-electron chi connectivity index (χ2n) is 3.92. The summed E-state index contributed by atoms with van der Waals surface area (Å²) < 4.78 is 36.4. The molecule has 0 aromatic heterocycles.